The van der Waals surface area contributed by atoms with Crippen LogP contribution in [0.1, 0.15) is 72.6 Å². The third-order valence-corrected chi connectivity index (χ3v) is 8.95. The molecule has 0 aromatic rings. The van der Waals surface area contributed by atoms with Gasteiger partial charge in [0.25, 0.3) is 0 Å². The lowest BCUT2D eigenvalue weighted by Crippen LogP contribution is -2.53. The molecule has 8 atom stereocenters. The molecule has 158 valence electrons. The van der Waals surface area contributed by atoms with Crippen LogP contribution in [-0.4, -0.2) is 31.6 Å². The average Bonchev–Trinajstić information content (AvgIpc) is 2.99. The normalized spacial score (nSPS) is 47.0. The van der Waals surface area contributed by atoms with Crippen LogP contribution >= 0.6 is 0 Å². The van der Waals surface area contributed by atoms with E-state index in [2.05, 4.69) is 32.9 Å². The molecule has 3 saturated carbocycles. The van der Waals surface area contributed by atoms with E-state index in [1.807, 2.05) is 6.92 Å². The van der Waals surface area contributed by atoms with Crippen molar-refractivity contribution < 1.29 is 19.0 Å². The summed E-state index contributed by atoms with van der Waals surface area (Å²) in [6.07, 6.45) is 13.1. The van der Waals surface area contributed by atoms with Gasteiger partial charge in [-0.1, -0.05) is 26.0 Å². The third kappa shape index (κ3) is 3.20. The average molecular weight is 391 g/mol. The molecular weight excluding hydrogens is 352 g/mol. The smallest absolute Gasteiger partial charge is 0.435 e. The Morgan fingerprint density at radius 3 is 2.61 bits per heavy atom. The van der Waals surface area contributed by atoms with E-state index < -0.39 is 6.16 Å². The monoisotopic (exact) mass is 390 g/mol. The van der Waals surface area contributed by atoms with E-state index >= 15 is 0 Å². The molecule has 0 bridgehead atoms. The van der Waals surface area contributed by atoms with Crippen molar-refractivity contribution in [2.75, 3.05) is 13.2 Å². The van der Waals surface area contributed by atoms with E-state index in [-0.39, 0.29) is 11.5 Å². The van der Waals surface area contributed by atoms with Crippen molar-refractivity contribution in [3.8, 4) is 0 Å². The maximum Gasteiger partial charge on any atom is 0.508 e. The molecule has 4 nitrogen and oxygen atoms in total. The van der Waals surface area contributed by atoms with Gasteiger partial charge < -0.3 is 14.2 Å². The molecule has 4 rings (SSSR count). The summed E-state index contributed by atoms with van der Waals surface area (Å²) in [5, 5.41) is 0. The Labute approximate surface area is 170 Å². The van der Waals surface area contributed by atoms with E-state index in [1.54, 1.807) is 0 Å². The van der Waals surface area contributed by atoms with E-state index in [0.717, 1.165) is 37.2 Å². The molecule has 3 fully saturated rings. The highest BCUT2D eigenvalue weighted by Gasteiger charge is 2.60. The first kappa shape index (κ1) is 20.3. The van der Waals surface area contributed by atoms with Gasteiger partial charge in [0.05, 0.1) is 12.7 Å². The quantitative estimate of drug-likeness (QED) is 0.453. The fourth-order valence-corrected chi connectivity index (χ4v) is 7.53. The van der Waals surface area contributed by atoms with Crippen LogP contribution in [0.2, 0.25) is 0 Å². The first-order valence-corrected chi connectivity index (χ1v) is 11.6. The van der Waals surface area contributed by atoms with Crippen molar-refractivity contribution in [2.24, 2.45) is 34.5 Å². The standard InChI is InChI=1S/C24H38O4/c1-5-26-17-11-13-23(3)16(15-17)7-8-18-19-9-10-21(28-22(25)27-6-2)24(19,4)14-12-20(18)23/h11,13,16-21H,5-10,12,14-15H2,1-4H3/t16-,17+,18-,19-,20-,21-,23-,24-/m0/s1. The zero-order valence-corrected chi connectivity index (χ0v) is 18.1. The van der Waals surface area contributed by atoms with Gasteiger partial charge in [-0.25, -0.2) is 4.79 Å². The fraction of sp³-hybridized carbons (Fsp3) is 0.875. The molecule has 0 amide bonds. The second-order valence-electron chi connectivity index (χ2n) is 10.0. The Kier molecular flexibility index (Phi) is 5.54. The van der Waals surface area contributed by atoms with E-state index in [0.29, 0.717) is 24.0 Å². The Balaban J connectivity index is 1.51. The van der Waals surface area contributed by atoms with Crippen molar-refractivity contribution in [3.05, 3.63) is 12.2 Å². The van der Waals surface area contributed by atoms with Gasteiger partial charge in [0.2, 0.25) is 0 Å². The minimum atomic E-state index is -0.482. The number of hydrogen-bond acceptors (Lipinski definition) is 4. The summed E-state index contributed by atoms with van der Waals surface area (Å²) in [6.45, 7) is 9.99. The minimum absolute atomic E-state index is 0.0206. The maximum atomic E-state index is 12.0. The highest BCUT2D eigenvalue weighted by Crippen LogP contribution is 2.65. The van der Waals surface area contributed by atoms with Crippen LogP contribution in [0, 0.1) is 34.5 Å². The molecule has 4 aliphatic rings. The molecule has 0 aromatic carbocycles. The second kappa shape index (κ2) is 7.66. The maximum absolute atomic E-state index is 12.0. The van der Waals surface area contributed by atoms with Gasteiger partial charge in [0.1, 0.15) is 6.10 Å². The first-order valence-electron chi connectivity index (χ1n) is 11.6. The van der Waals surface area contributed by atoms with Crippen molar-refractivity contribution >= 4 is 6.16 Å². The summed E-state index contributed by atoms with van der Waals surface area (Å²) in [5.41, 5.74) is 0.418. The number of allylic oxidation sites excluding steroid dienone is 1. The van der Waals surface area contributed by atoms with Crippen LogP contribution in [0.15, 0.2) is 12.2 Å². The summed E-state index contributed by atoms with van der Waals surface area (Å²) < 4.78 is 16.8. The van der Waals surface area contributed by atoms with Gasteiger partial charge in [-0.3, -0.25) is 0 Å². The van der Waals surface area contributed by atoms with Gasteiger partial charge in [0.15, 0.2) is 0 Å². The van der Waals surface area contributed by atoms with Crippen molar-refractivity contribution in [3.63, 3.8) is 0 Å². The summed E-state index contributed by atoms with van der Waals surface area (Å²) in [5.74, 6) is 2.92. The summed E-state index contributed by atoms with van der Waals surface area (Å²) in [6, 6.07) is 0. The third-order valence-electron chi connectivity index (χ3n) is 8.95. The van der Waals surface area contributed by atoms with Crippen LogP contribution in [0.3, 0.4) is 0 Å². The summed E-state index contributed by atoms with van der Waals surface area (Å²) in [7, 11) is 0. The van der Waals surface area contributed by atoms with Gasteiger partial charge in [-0.2, -0.15) is 0 Å². The summed E-state index contributed by atoms with van der Waals surface area (Å²) in [4.78, 5) is 12.0. The molecular formula is C24H38O4. The number of carbonyl (C=O) groups excluding carboxylic acids is 1. The van der Waals surface area contributed by atoms with Crippen molar-refractivity contribution in [2.45, 2.75) is 84.8 Å². The van der Waals surface area contributed by atoms with Crippen LogP contribution in [0.5, 0.6) is 0 Å². The number of carbonyl (C=O) groups is 1. The molecule has 0 saturated heterocycles. The molecule has 0 unspecified atom stereocenters. The highest BCUT2D eigenvalue weighted by atomic mass is 16.7. The topological polar surface area (TPSA) is 44.8 Å². The molecule has 0 N–H and O–H groups in total. The molecule has 28 heavy (non-hydrogen) atoms. The van der Waals surface area contributed by atoms with Crippen molar-refractivity contribution in [1.82, 2.24) is 0 Å². The highest BCUT2D eigenvalue weighted by molar-refractivity contribution is 5.60. The van der Waals surface area contributed by atoms with Crippen LogP contribution in [0.4, 0.5) is 4.79 Å². The number of hydrogen-bond donors (Lipinski definition) is 0. The SMILES string of the molecule is CCOC(=O)O[C@H]1CC[C@H]2[C@@H]3CC[C@H]4C[C@H](OCC)C=C[C@]4(C)[C@H]3CC[C@]12C. The van der Waals surface area contributed by atoms with Gasteiger partial charge in [-0.05, 0) is 87.9 Å². The minimum Gasteiger partial charge on any atom is -0.435 e. The molecule has 4 heteroatoms. The molecule has 0 spiro atoms. The van der Waals surface area contributed by atoms with Crippen LogP contribution in [-0.2, 0) is 14.2 Å². The molecule has 0 aliphatic heterocycles. The lowest BCUT2D eigenvalue weighted by atomic mass is 9.46. The molecule has 0 radical (unpaired) electrons. The Morgan fingerprint density at radius 2 is 1.86 bits per heavy atom. The predicted octanol–water partition coefficient (Wildman–Crippen LogP) is 5.75. The zero-order chi connectivity index (χ0) is 19.9. The van der Waals surface area contributed by atoms with Gasteiger partial charge in [0, 0.05) is 12.0 Å². The number of fused-ring (bicyclic) bond motifs is 5. The predicted molar refractivity (Wildman–Crippen MR) is 109 cm³/mol. The fourth-order valence-electron chi connectivity index (χ4n) is 7.53. The first-order chi connectivity index (χ1) is 13.4. The Morgan fingerprint density at radius 1 is 1.04 bits per heavy atom. The zero-order valence-electron chi connectivity index (χ0n) is 18.1. The second-order valence-corrected chi connectivity index (χ2v) is 10.0. The Hall–Kier alpha value is -1.03. The van der Waals surface area contributed by atoms with Gasteiger partial charge >= 0.3 is 6.16 Å². The lowest BCUT2D eigenvalue weighted by Gasteiger charge is -2.59. The van der Waals surface area contributed by atoms with E-state index in [4.69, 9.17) is 14.2 Å². The van der Waals surface area contributed by atoms with E-state index in [1.165, 1.54) is 32.1 Å². The summed E-state index contributed by atoms with van der Waals surface area (Å²) >= 11 is 0. The Bertz CT molecular complexity index is 616. The van der Waals surface area contributed by atoms with Crippen LogP contribution < -0.4 is 0 Å². The van der Waals surface area contributed by atoms with Gasteiger partial charge in [-0.15, -0.1) is 0 Å². The van der Waals surface area contributed by atoms with E-state index in [9.17, 15) is 4.79 Å². The van der Waals surface area contributed by atoms with Crippen LogP contribution in [0.25, 0.3) is 0 Å². The largest absolute Gasteiger partial charge is 0.508 e. The number of ether oxygens (including phenoxy) is 3. The molecule has 4 aliphatic carbocycles. The number of rotatable bonds is 4. The lowest BCUT2D eigenvalue weighted by molar-refractivity contribution is -0.109. The molecule has 0 heterocycles. The van der Waals surface area contributed by atoms with Crippen molar-refractivity contribution in [1.29, 1.82) is 0 Å². The molecule has 0 aromatic heterocycles.